The lowest BCUT2D eigenvalue weighted by molar-refractivity contribution is 0.0593. The van der Waals surface area contributed by atoms with Crippen LogP contribution in [0.3, 0.4) is 0 Å². The van der Waals surface area contributed by atoms with Crippen LogP contribution in [0.2, 0.25) is 0 Å². The molecular weight excluding hydrogens is 346 g/mol. The smallest absolute Gasteiger partial charge is 0.357 e. The van der Waals surface area contributed by atoms with Crippen LogP contribution in [0.15, 0.2) is 42.9 Å². The van der Waals surface area contributed by atoms with E-state index in [-0.39, 0.29) is 16.9 Å². The van der Waals surface area contributed by atoms with Crippen molar-refractivity contribution in [2.45, 2.75) is 20.1 Å². The average molecular weight is 365 g/mol. The number of carbonyl (C=O) groups is 1. The minimum absolute atomic E-state index is 0.0726. The normalized spacial score (nSPS) is 10.4. The summed E-state index contributed by atoms with van der Waals surface area (Å²) in [6.07, 6.45) is 5.15. The number of benzene rings is 1. The molecule has 1 aromatic carbocycles. The second-order valence-electron chi connectivity index (χ2n) is 5.74. The Morgan fingerprint density at radius 2 is 2.11 bits per heavy atom. The summed E-state index contributed by atoms with van der Waals surface area (Å²) < 4.78 is 14.1. The summed E-state index contributed by atoms with van der Waals surface area (Å²) >= 11 is 0. The summed E-state index contributed by atoms with van der Waals surface area (Å²) in [4.78, 5) is 12.2. The van der Waals surface area contributed by atoms with E-state index >= 15 is 0 Å². The Morgan fingerprint density at radius 3 is 2.78 bits per heavy atom. The van der Waals surface area contributed by atoms with E-state index in [0.29, 0.717) is 18.0 Å². The van der Waals surface area contributed by atoms with Gasteiger partial charge in [-0.1, -0.05) is 12.1 Å². The van der Waals surface area contributed by atoms with Crippen LogP contribution < -0.4 is 10.5 Å². The molecule has 2 aromatic heterocycles. The van der Waals surface area contributed by atoms with Gasteiger partial charge in [0.15, 0.2) is 5.69 Å². The number of methoxy groups -OCH3 is 1. The monoisotopic (exact) mass is 365 g/mol. The molecule has 0 spiro atoms. The van der Waals surface area contributed by atoms with Gasteiger partial charge in [0.2, 0.25) is 0 Å². The molecule has 138 valence electrons. The Labute approximate surface area is 156 Å². The van der Waals surface area contributed by atoms with E-state index in [2.05, 4.69) is 5.10 Å². The van der Waals surface area contributed by atoms with Crippen LogP contribution in [0.4, 0.5) is 5.69 Å². The minimum Gasteiger partial charge on any atom is -0.487 e. The fraction of sp³-hybridized carbons (Fsp3) is 0.211. The molecule has 3 rings (SSSR count). The van der Waals surface area contributed by atoms with Crippen LogP contribution in [-0.4, -0.2) is 27.4 Å². The Balaban J connectivity index is 1.99. The van der Waals surface area contributed by atoms with E-state index in [0.717, 1.165) is 12.1 Å². The van der Waals surface area contributed by atoms with Crippen molar-refractivity contribution in [2.24, 2.45) is 0 Å². The van der Waals surface area contributed by atoms with Gasteiger partial charge >= 0.3 is 5.97 Å². The first kappa shape index (κ1) is 18.1. The number of para-hydroxylation sites is 2. The highest BCUT2D eigenvalue weighted by molar-refractivity contribution is 5.96. The SMILES string of the molecule is CCn1cc(COc2ccccc2-n2cc(C#N)c(N)c2C(=O)OC)cn1. The molecule has 0 radical (unpaired) electrons. The lowest BCUT2D eigenvalue weighted by Crippen LogP contribution is -2.12. The second-order valence-corrected chi connectivity index (χ2v) is 5.74. The van der Waals surface area contributed by atoms with Crippen LogP contribution in [0.1, 0.15) is 28.5 Å². The first-order chi connectivity index (χ1) is 13.1. The van der Waals surface area contributed by atoms with Gasteiger partial charge in [0, 0.05) is 24.5 Å². The molecule has 8 heteroatoms. The number of nitrogen functional groups attached to an aromatic ring is 1. The van der Waals surface area contributed by atoms with E-state index in [1.165, 1.54) is 17.9 Å². The van der Waals surface area contributed by atoms with Crippen molar-refractivity contribution in [1.82, 2.24) is 14.3 Å². The highest BCUT2D eigenvalue weighted by Crippen LogP contribution is 2.30. The van der Waals surface area contributed by atoms with E-state index in [9.17, 15) is 10.1 Å². The zero-order valence-corrected chi connectivity index (χ0v) is 15.0. The number of nitrogens with two attached hydrogens (primary N) is 1. The number of hydrogen-bond acceptors (Lipinski definition) is 6. The van der Waals surface area contributed by atoms with Crippen molar-refractivity contribution in [3.8, 4) is 17.5 Å². The van der Waals surface area contributed by atoms with E-state index in [4.69, 9.17) is 15.2 Å². The number of hydrogen-bond donors (Lipinski definition) is 1. The van der Waals surface area contributed by atoms with Crippen molar-refractivity contribution in [3.05, 3.63) is 59.7 Å². The maximum Gasteiger partial charge on any atom is 0.357 e. The lowest BCUT2D eigenvalue weighted by atomic mass is 10.2. The molecule has 0 aliphatic heterocycles. The van der Waals surface area contributed by atoms with Gasteiger partial charge in [-0.2, -0.15) is 10.4 Å². The number of aryl methyl sites for hydroxylation is 1. The van der Waals surface area contributed by atoms with Crippen molar-refractivity contribution in [2.75, 3.05) is 12.8 Å². The van der Waals surface area contributed by atoms with E-state index < -0.39 is 5.97 Å². The molecule has 0 fully saturated rings. The van der Waals surface area contributed by atoms with Gasteiger partial charge < -0.3 is 19.8 Å². The van der Waals surface area contributed by atoms with Gasteiger partial charge in [-0.25, -0.2) is 4.79 Å². The van der Waals surface area contributed by atoms with Crippen LogP contribution in [0.5, 0.6) is 5.75 Å². The third kappa shape index (κ3) is 3.48. The zero-order chi connectivity index (χ0) is 19.4. The zero-order valence-electron chi connectivity index (χ0n) is 15.0. The first-order valence-electron chi connectivity index (χ1n) is 8.31. The predicted octanol–water partition coefficient (Wildman–Crippen LogP) is 2.51. The topological polar surface area (TPSA) is 108 Å². The molecule has 2 heterocycles. The highest BCUT2D eigenvalue weighted by Gasteiger charge is 2.23. The van der Waals surface area contributed by atoms with Gasteiger partial charge in [-0.15, -0.1) is 0 Å². The fourth-order valence-electron chi connectivity index (χ4n) is 2.70. The predicted molar refractivity (Wildman–Crippen MR) is 98.5 cm³/mol. The summed E-state index contributed by atoms with van der Waals surface area (Å²) in [5.74, 6) is -0.0978. The molecule has 8 nitrogen and oxygen atoms in total. The molecular formula is C19H19N5O3. The van der Waals surface area contributed by atoms with Crippen LogP contribution in [-0.2, 0) is 17.9 Å². The number of nitriles is 1. The van der Waals surface area contributed by atoms with Gasteiger partial charge in [0.05, 0.1) is 30.2 Å². The van der Waals surface area contributed by atoms with Gasteiger partial charge in [-0.05, 0) is 19.1 Å². The number of nitrogens with zero attached hydrogens (tertiary/aromatic N) is 4. The number of aromatic nitrogens is 3. The average Bonchev–Trinajstić information content (AvgIpc) is 3.30. The van der Waals surface area contributed by atoms with Crippen molar-refractivity contribution < 1.29 is 14.3 Å². The fourth-order valence-corrected chi connectivity index (χ4v) is 2.70. The number of ether oxygens (including phenoxy) is 2. The second kappa shape index (κ2) is 7.66. The summed E-state index contributed by atoms with van der Waals surface area (Å²) in [6, 6.07) is 9.17. The minimum atomic E-state index is -0.631. The van der Waals surface area contributed by atoms with Gasteiger partial charge in [-0.3, -0.25) is 4.68 Å². The van der Waals surface area contributed by atoms with Crippen molar-refractivity contribution in [3.63, 3.8) is 0 Å². The Kier molecular flexibility index (Phi) is 5.13. The standard InChI is InChI=1S/C19H19N5O3/c1-3-23-10-13(9-22-23)12-27-16-7-5-4-6-15(16)24-11-14(8-20)17(21)18(24)19(25)26-2/h4-7,9-11H,3,12,21H2,1-2H3. The summed E-state index contributed by atoms with van der Waals surface area (Å²) in [7, 11) is 1.26. The van der Waals surface area contributed by atoms with Crippen LogP contribution >= 0.6 is 0 Å². The molecule has 27 heavy (non-hydrogen) atoms. The molecule has 0 amide bonds. The number of rotatable bonds is 6. The molecule has 3 aromatic rings. The molecule has 0 bridgehead atoms. The summed E-state index contributed by atoms with van der Waals surface area (Å²) in [6.45, 7) is 3.09. The Morgan fingerprint density at radius 1 is 1.33 bits per heavy atom. The summed E-state index contributed by atoms with van der Waals surface area (Å²) in [5, 5.41) is 13.5. The molecule has 0 unspecified atom stereocenters. The van der Waals surface area contributed by atoms with Gasteiger partial charge in [0.25, 0.3) is 0 Å². The third-order valence-corrected chi connectivity index (χ3v) is 4.07. The van der Waals surface area contributed by atoms with Crippen LogP contribution in [0, 0.1) is 11.3 Å². The molecule has 0 saturated carbocycles. The molecule has 0 aliphatic rings. The maximum atomic E-state index is 12.2. The molecule has 0 saturated heterocycles. The molecule has 2 N–H and O–H groups in total. The molecule has 0 aliphatic carbocycles. The first-order valence-corrected chi connectivity index (χ1v) is 8.31. The number of anilines is 1. The van der Waals surface area contributed by atoms with Crippen molar-refractivity contribution in [1.29, 1.82) is 5.26 Å². The molecule has 0 atom stereocenters. The Hall–Kier alpha value is -3.73. The summed E-state index contributed by atoms with van der Waals surface area (Å²) in [5.41, 5.74) is 7.81. The largest absolute Gasteiger partial charge is 0.487 e. The van der Waals surface area contributed by atoms with Crippen LogP contribution in [0.25, 0.3) is 5.69 Å². The quantitative estimate of drug-likeness (QED) is 0.673. The maximum absolute atomic E-state index is 12.2. The third-order valence-electron chi connectivity index (χ3n) is 4.07. The number of esters is 1. The van der Waals surface area contributed by atoms with E-state index in [1.807, 2.05) is 29.9 Å². The highest BCUT2D eigenvalue weighted by atomic mass is 16.5. The Bertz CT molecular complexity index is 1010. The van der Waals surface area contributed by atoms with Crippen molar-refractivity contribution >= 4 is 11.7 Å². The number of carbonyl (C=O) groups excluding carboxylic acids is 1. The van der Waals surface area contributed by atoms with E-state index in [1.54, 1.807) is 24.4 Å². The lowest BCUT2D eigenvalue weighted by Gasteiger charge is -2.14. The van der Waals surface area contributed by atoms with Gasteiger partial charge in [0.1, 0.15) is 18.4 Å².